The van der Waals surface area contributed by atoms with Gasteiger partial charge in [0.2, 0.25) is 0 Å². The monoisotopic (exact) mass is 265 g/mol. The number of hydrogen-bond donors (Lipinski definition) is 0. The standard InChI is InChI=1S/C15H20FNO2/c1-2-19-15(18)11-14(17-9-5-6-10-17)12-7-3-4-8-13(12)16/h3-4,7-8,14H,2,5-6,9-11H2,1H3. The molecule has 4 heteroatoms. The van der Waals surface area contributed by atoms with Gasteiger partial charge in [0.15, 0.2) is 0 Å². The van der Waals surface area contributed by atoms with E-state index in [2.05, 4.69) is 4.90 Å². The molecular weight excluding hydrogens is 245 g/mol. The molecule has 1 aromatic rings. The molecule has 0 aliphatic carbocycles. The second kappa shape index (κ2) is 6.66. The van der Waals surface area contributed by atoms with E-state index < -0.39 is 0 Å². The molecule has 0 amide bonds. The lowest BCUT2D eigenvalue weighted by Gasteiger charge is -2.27. The van der Waals surface area contributed by atoms with Gasteiger partial charge in [-0.05, 0) is 38.9 Å². The zero-order valence-corrected chi connectivity index (χ0v) is 11.3. The highest BCUT2D eigenvalue weighted by Gasteiger charge is 2.28. The second-order valence-corrected chi connectivity index (χ2v) is 4.79. The molecule has 1 aliphatic heterocycles. The maximum absolute atomic E-state index is 14.0. The number of likely N-dealkylation sites (tertiary alicyclic amines) is 1. The first-order valence-corrected chi connectivity index (χ1v) is 6.86. The number of nitrogens with zero attached hydrogens (tertiary/aromatic N) is 1. The van der Waals surface area contributed by atoms with Crippen molar-refractivity contribution in [2.24, 2.45) is 0 Å². The van der Waals surface area contributed by atoms with Crippen LogP contribution < -0.4 is 0 Å². The fraction of sp³-hybridized carbons (Fsp3) is 0.533. The third-order valence-electron chi connectivity index (χ3n) is 3.51. The number of ether oxygens (including phenoxy) is 1. The summed E-state index contributed by atoms with van der Waals surface area (Å²) in [6.45, 7) is 3.98. The molecule has 0 saturated carbocycles. The van der Waals surface area contributed by atoms with Gasteiger partial charge in [0.1, 0.15) is 5.82 Å². The zero-order valence-electron chi connectivity index (χ0n) is 11.3. The van der Waals surface area contributed by atoms with Crippen LogP contribution in [0.1, 0.15) is 37.8 Å². The molecule has 19 heavy (non-hydrogen) atoms. The van der Waals surface area contributed by atoms with Gasteiger partial charge in [-0.3, -0.25) is 9.69 Å². The highest BCUT2D eigenvalue weighted by atomic mass is 19.1. The molecule has 0 bridgehead atoms. The third kappa shape index (κ3) is 3.53. The summed E-state index contributed by atoms with van der Waals surface area (Å²) in [4.78, 5) is 13.9. The number of carbonyl (C=O) groups is 1. The summed E-state index contributed by atoms with van der Waals surface area (Å²) < 4.78 is 19.0. The molecule has 3 nitrogen and oxygen atoms in total. The molecule has 0 aromatic heterocycles. The minimum atomic E-state index is -0.261. The highest BCUT2D eigenvalue weighted by Crippen LogP contribution is 2.30. The Balaban J connectivity index is 2.18. The Hall–Kier alpha value is -1.42. The molecule has 1 fully saturated rings. The normalized spacial score (nSPS) is 17.4. The summed E-state index contributed by atoms with van der Waals surface area (Å²) in [5, 5.41) is 0. The topological polar surface area (TPSA) is 29.5 Å². The van der Waals surface area contributed by atoms with Crippen molar-refractivity contribution in [2.75, 3.05) is 19.7 Å². The number of carbonyl (C=O) groups excluding carboxylic acids is 1. The lowest BCUT2D eigenvalue weighted by molar-refractivity contribution is -0.144. The Kier molecular flexibility index (Phi) is 4.91. The Bertz CT molecular complexity index is 430. The van der Waals surface area contributed by atoms with Gasteiger partial charge in [-0.2, -0.15) is 0 Å². The molecular formula is C15H20FNO2. The van der Waals surface area contributed by atoms with Gasteiger partial charge in [-0.25, -0.2) is 4.39 Å². The Labute approximate surface area is 113 Å². The van der Waals surface area contributed by atoms with Crippen LogP contribution in [-0.4, -0.2) is 30.6 Å². The summed E-state index contributed by atoms with van der Waals surface area (Å²) in [7, 11) is 0. The van der Waals surface area contributed by atoms with Crippen LogP contribution in [0.2, 0.25) is 0 Å². The van der Waals surface area contributed by atoms with Crippen LogP contribution in [0.3, 0.4) is 0 Å². The van der Waals surface area contributed by atoms with E-state index in [1.165, 1.54) is 6.07 Å². The Morgan fingerprint density at radius 2 is 2.05 bits per heavy atom. The van der Waals surface area contributed by atoms with Crippen molar-refractivity contribution in [3.63, 3.8) is 0 Å². The maximum Gasteiger partial charge on any atom is 0.307 e. The van der Waals surface area contributed by atoms with Crippen LogP contribution in [0.25, 0.3) is 0 Å². The van der Waals surface area contributed by atoms with Crippen molar-refractivity contribution in [1.82, 2.24) is 4.90 Å². The Morgan fingerprint density at radius 1 is 1.37 bits per heavy atom. The molecule has 104 valence electrons. The van der Waals surface area contributed by atoms with E-state index in [1.54, 1.807) is 19.1 Å². The van der Waals surface area contributed by atoms with Crippen molar-refractivity contribution in [2.45, 2.75) is 32.2 Å². The molecule has 0 N–H and O–H groups in total. The molecule has 1 heterocycles. The molecule has 1 aliphatic rings. The van der Waals surface area contributed by atoms with Gasteiger partial charge < -0.3 is 4.74 Å². The number of halogens is 1. The van der Waals surface area contributed by atoms with Crippen molar-refractivity contribution in [3.05, 3.63) is 35.6 Å². The molecule has 2 rings (SSSR count). The van der Waals surface area contributed by atoms with E-state index in [9.17, 15) is 9.18 Å². The average molecular weight is 265 g/mol. The predicted octanol–water partition coefficient (Wildman–Crippen LogP) is 2.92. The number of benzene rings is 1. The minimum Gasteiger partial charge on any atom is -0.466 e. The first-order valence-electron chi connectivity index (χ1n) is 6.86. The van der Waals surface area contributed by atoms with E-state index in [1.807, 2.05) is 6.07 Å². The van der Waals surface area contributed by atoms with Gasteiger partial charge >= 0.3 is 5.97 Å². The lowest BCUT2D eigenvalue weighted by Crippen LogP contribution is -2.29. The molecule has 0 spiro atoms. The Morgan fingerprint density at radius 3 is 2.68 bits per heavy atom. The largest absolute Gasteiger partial charge is 0.466 e. The van der Waals surface area contributed by atoms with E-state index in [4.69, 9.17) is 4.74 Å². The van der Waals surface area contributed by atoms with Crippen molar-refractivity contribution < 1.29 is 13.9 Å². The fourth-order valence-electron chi connectivity index (χ4n) is 2.61. The van der Waals surface area contributed by atoms with Gasteiger partial charge in [0, 0.05) is 11.6 Å². The minimum absolute atomic E-state index is 0.206. The second-order valence-electron chi connectivity index (χ2n) is 4.79. The van der Waals surface area contributed by atoms with E-state index in [0.29, 0.717) is 12.2 Å². The van der Waals surface area contributed by atoms with Crippen LogP contribution in [0.4, 0.5) is 4.39 Å². The summed E-state index contributed by atoms with van der Waals surface area (Å²) in [6.07, 6.45) is 2.43. The molecule has 1 atom stereocenters. The maximum atomic E-state index is 14.0. The van der Waals surface area contributed by atoms with Crippen LogP contribution in [0.15, 0.2) is 24.3 Å². The smallest absolute Gasteiger partial charge is 0.307 e. The lowest BCUT2D eigenvalue weighted by atomic mass is 10.0. The third-order valence-corrected chi connectivity index (χ3v) is 3.51. The van der Waals surface area contributed by atoms with E-state index in [0.717, 1.165) is 25.9 Å². The number of esters is 1. The van der Waals surface area contributed by atoms with Gasteiger partial charge in [-0.1, -0.05) is 18.2 Å². The zero-order chi connectivity index (χ0) is 13.7. The number of hydrogen-bond acceptors (Lipinski definition) is 3. The van der Waals surface area contributed by atoms with Gasteiger partial charge in [-0.15, -0.1) is 0 Å². The van der Waals surface area contributed by atoms with Crippen molar-refractivity contribution in [1.29, 1.82) is 0 Å². The van der Waals surface area contributed by atoms with E-state index >= 15 is 0 Å². The highest BCUT2D eigenvalue weighted by molar-refractivity contribution is 5.70. The SMILES string of the molecule is CCOC(=O)CC(c1ccccc1F)N1CCCC1. The molecule has 1 unspecified atom stereocenters. The van der Waals surface area contributed by atoms with Crippen molar-refractivity contribution >= 4 is 5.97 Å². The molecule has 0 radical (unpaired) electrons. The quantitative estimate of drug-likeness (QED) is 0.767. The van der Waals surface area contributed by atoms with E-state index in [-0.39, 0.29) is 24.2 Å². The average Bonchev–Trinajstić information content (AvgIpc) is 2.91. The summed E-state index contributed by atoms with van der Waals surface area (Å²) >= 11 is 0. The first-order chi connectivity index (χ1) is 9.22. The van der Waals surface area contributed by atoms with Gasteiger partial charge in [0.05, 0.1) is 13.0 Å². The van der Waals surface area contributed by atoms with Crippen LogP contribution in [-0.2, 0) is 9.53 Å². The summed E-state index contributed by atoms with van der Waals surface area (Å²) in [6, 6.07) is 6.49. The van der Waals surface area contributed by atoms with Crippen LogP contribution >= 0.6 is 0 Å². The molecule has 1 saturated heterocycles. The van der Waals surface area contributed by atoms with Crippen molar-refractivity contribution in [3.8, 4) is 0 Å². The number of rotatable bonds is 5. The van der Waals surface area contributed by atoms with Crippen LogP contribution in [0, 0.1) is 5.82 Å². The van der Waals surface area contributed by atoms with Gasteiger partial charge in [0.25, 0.3) is 0 Å². The van der Waals surface area contributed by atoms with Crippen LogP contribution in [0.5, 0.6) is 0 Å². The first kappa shape index (κ1) is 14.0. The fourth-order valence-corrected chi connectivity index (χ4v) is 2.61. The summed E-state index contributed by atoms with van der Waals surface area (Å²) in [5.74, 6) is -0.508. The molecule has 1 aromatic carbocycles. The summed E-state index contributed by atoms with van der Waals surface area (Å²) in [5.41, 5.74) is 0.595. The predicted molar refractivity (Wildman–Crippen MR) is 71.2 cm³/mol.